The highest BCUT2D eigenvalue weighted by atomic mass is 16.5. The van der Waals surface area contributed by atoms with Crippen molar-refractivity contribution in [3.8, 4) is 5.75 Å². The van der Waals surface area contributed by atoms with Crippen molar-refractivity contribution >= 4 is 5.69 Å². The molecular formula is C15H23NO. The lowest BCUT2D eigenvalue weighted by molar-refractivity contribution is 0.409. The van der Waals surface area contributed by atoms with Gasteiger partial charge in [-0.2, -0.15) is 0 Å². The van der Waals surface area contributed by atoms with E-state index in [0.717, 1.165) is 11.4 Å². The van der Waals surface area contributed by atoms with Gasteiger partial charge in [-0.25, -0.2) is 0 Å². The molecule has 1 aliphatic rings. The van der Waals surface area contributed by atoms with Crippen LogP contribution in [0.2, 0.25) is 0 Å². The van der Waals surface area contributed by atoms with Gasteiger partial charge in [0.25, 0.3) is 0 Å². The van der Waals surface area contributed by atoms with Gasteiger partial charge in [0.2, 0.25) is 0 Å². The molecule has 2 rings (SSSR count). The SMILES string of the molecule is COc1ccc(C(C)(C)C)cc1NC1CCC1. The minimum Gasteiger partial charge on any atom is -0.495 e. The van der Waals surface area contributed by atoms with Crippen LogP contribution >= 0.6 is 0 Å². The first-order valence-electron chi connectivity index (χ1n) is 6.46. The highest BCUT2D eigenvalue weighted by molar-refractivity contribution is 5.59. The van der Waals surface area contributed by atoms with Crippen molar-refractivity contribution in [1.82, 2.24) is 0 Å². The van der Waals surface area contributed by atoms with Gasteiger partial charge >= 0.3 is 0 Å². The fourth-order valence-corrected chi connectivity index (χ4v) is 2.06. The van der Waals surface area contributed by atoms with Gasteiger partial charge in [0, 0.05) is 6.04 Å². The molecule has 1 aromatic rings. The minimum atomic E-state index is 0.183. The average molecular weight is 233 g/mol. The number of methoxy groups -OCH3 is 1. The lowest BCUT2D eigenvalue weighted by Crippen LogP contribution is -2.27. The summed E-state index contributed by atoms with van der Waals surface area (Å²) in [6, 6.07) is 7.10. The summed E-state index contributed by atoms with van der Waals surface area (Å²) in [5.41, 5.74) is 2.67. The highest BCUT2D eigenvalue weighted by Crippen LogP contribution is 2.33. The Bertz CT molecular complexity index is 388. The summed E-state index contributed by atoms with van der Waals surface area (Å²) in [6.45, 7) is 6.71. The summed E-state index contributed by atoms with van der Waals surface area (Å²) >= 11 is 0. The number of anilines is 1. The van der Waals surface area contributed by atoms with E-state index in [9.17, 15) is 0 Å². The summed E-state index contributed by atoms with van der Waals surface area (Å²) in [4.78, 5) is 0. The molecule has 1 aliphatic carbocycles. The maximum absolute atomic E-state index is 5.42. The molecule has 1 fully saturated rings. The monoisotopic (exact) mass is 233 g/mol. The van der Waals surface area contributed by atoms with E-state index < -0.39 is 0 Å². The average Bonchev–Trinajstić information content (AvgIpc) is 2.22. The summed E-state index contributed by atoms with van der Waals surface area (Å²) < 4.78 is 5.42. The lowest BCUT2D eigenvalue weighted by atomic mass is 9.86. The molecule has 0 atom stereocenters. The van der Waals surface area contributed by atoms with E-state index in [2.05, 4.69) is 44.3 Å². The van der Waals surface area contributed by atoms with Gasteiger partial charge in [0.05, 0.1) is 12.8 Å². The van der Waals surface area contributed by atoms with Crippen LogP contribution in [0.3, 0.4) is 0 Å². The third kappa shape index (κ3) is 2.74. The number of hydrogen-bond acceptors (Lipinski definition) is 2. The van der Waals surface area contributed by atoms with Crippen molar-refractivity contribution in [3.63, 3.8) is 0 Å². The number of hydrogen-bond donors (Lipinski definition) is 1. The zero-order chi connectivity index (χ0) is 12.5. The summed E-state index contributed by atoms with van der Waals surface area (Å²) in [5, 5.41) is 3.59. The second kappa shape index (κ2) is 4.59. The predicted octanol–water partition coefficient (Wildman–Crippen LogP) is 3.96. The first kappa shape index (κ1) is 12.3. The van der Waals surface area contributed by atoms with Crippen LogP contribution < -0.4 is 10.1 Å². The van der Waals surface area contributed by atoms with E-state index in [0.29, 0.717) is 6.04 Å². The largest absolute Gasteiger partial charge is 0.495 e. The Hall–Kier alpha value is -1.18. The molecule has 0 amide bonds. The molecule has 0 saturated heterocycles. The second-order valence-electron chi connectivity index (χ2n) is 5.94. The number of nitrogens with one attached hydrogen (secondary N) is 1. The molecule has 0 radical (unpaired) electrons. The molecule has 94 valence electrons. The number of ether oxygens (including phenoxy) is 1. The van der Waals surface area contributed by atoms with Crippen LogP contribution in [-0.4, -0.2) is 13.2 Å². The van der Waals surface area contributed by atoms with Crippen molar-refractivity contribution in [3.05, 3.63) is 23.8 Å². The first-order valence-corrected chi connectivity index (χ1v) is 6.46. The molecule has 0 bridgehead atoms. The molecule has 0 aromatic heterocycles. The molecule has 0 unspecified atom stereocenters. The predicted molar refractivity (Wildman–Crippen MR) is 73.0 cm³/mol. The smallest absolute Gasteiger partial charge is 0.141 e. The molecule has 17 heavy (non-hydrogen) atoms. The van der Waals surface area contributed by atoms with Crippen LogP contribution in [0, 0.1) is 0 Å². The molecule has 1 saturated carbocycles. The lowest BCUT2D eigenvalue weighted by Gasteiger charge is -2.29. The molecule has 2 heteroatoms. The summed E-state index contributed by atoms with van der Waals surface area (Å²) in [7, 11) is 1.73. The Balaban J connectivity index is 2.25. The van der Waals surface area contributed by atoms with Crippen LogP contribution in [0.1, 0.15) is 45.6 Å². The molecule has 0 heterocycles. The van der Waals surface area contributed by atoms with Crippen LogP contribution in [0.4, 0.5) is 5.69 Å². The number of rotatable bonds is 3. The van der Waals surface area contributed by atoms with Crippen molar-refractivity contribution in [1.29, 1.82) is 0 Å². The topological polar surface area (TPSA) is 21.3 Å². The van der Waals surface area contributed by atoms with Crippen LogP contribution in [0.5, 0.6) is 5.75 Å². The van der Waals surface area contributed by atoms with Crippen molar-refractivity contribution in [2.24, 2.45) is 0 Å². The van der Waals surface area contributed by atoms with Gasteiger partial charge in [0.15, 0.2) is 0 Å². The maximum atomic E-state index is 5.42. The quantitative estimate of drug-likeness (QED) is 0.853. The minimum absolute atomic E-state index is 0.183. The standard InChI is InChI=1S/C15H23NO/c1-15(2,3)11-8-9-14(17-4)13(10-11)16-12-6-5-7-12/h8-10,12,16H,5-7H2,1-4H3. The Morgan fingerprint density at radius 1 is 1.24 bits per heavy atom. The zero-order valence-corrected chi connectivity index (χ0v) is 11.3. The zero-order valence-electron chi connectivity index (χ0n) is 11.3. The Kier molecular flexibility index (Phi) is 3.32. The van der Waals surface area contributed by atoms with Gasteiger partial charge in [-0.15, -0.1) is 0 Å². The van der Waals surface area contributed by atoms with Gasteiger partial charge in [-0.05, 0) is 42.4 Å². The Morgan fingerprint density at radius 2 is 1.94 bits per heavy atom. The van der Waals surface area contributed by atoms with E-state index in [1.807, 2.05) is 0 Å². The fraction of sp³-hybridized carbons (Fsp3) is 0.600. The second-order valence-corrected chi connectivity index (χ2v) is 5.94. The van der Waals surface area contributed by atoms with Gasteiger partial charge < -0.3 is 10.1 Å². The van der Waals surface area contributed by atoms with Gasteiger partial charge in [-0.3, -0.25) is 0 Å². The van der Waals surface area contributed by atoms with Crippen LogP contribution in [-0.2, 0) is 5.41 Å². The van der Waals surface area contributed by atoms with E-state index in [-0.39, 0.29) is 5.41 Å². The number of benzene rings is 1. The van der Waals surface area contributed by atoms with Crippen LogP contribution in [0.25, 0.3) is 0 Å². The molecule has 1 N–H and O–H groups in total. The summed E-state index contributed by atoms with van der Waals surface area (Å²) in [5.74, 6) is 0.949. The first-order chi connectivity index (χ1) is 8.00. The van der Waals surface area contributed by atoms with Crippen molar-refractivity contribution in [2.75, 3.05) is 12.4 Å². The van der Waals surface area contributed by atoms with E-state index in [4.69, 9.17) is 4.74 Å². The maximum Gasteiger partial charge on any atom is 0.141 e. The third-order valence-electron chi connectivity index (χ3n) is 3.53. The molecule has 0 spiro atoms. The molecule has 0 aliphatic heterocycles. The Labute approximate surface area is 104 Å². The molecule has 1 aromatic carbocycles. The van der Waals surface area contributed by atoms with Gasteiger partial charge in [0.1, 0.15) is 5.75 Å². The van der Waals surface area contributed by atoms with E-state index >= 15 is 0 Å². The normalized spacial score (nSPS) is 16.5. The van der Waals surface area contributed by atoms with Crippen molar-refractivity contribution in [2.45, 2.75) is 51.5 Å². The van der Waals surface area contributed by atoms with Crippen molar-refractivity contribution < 1.29 is 4.74 Å². The highest BCUT2D eigenvalue weighted by Gasteiger charge is 2.20. The third-order valence-corrected chi connectivity index (χ3v) is 3.53. The van der Waals surface area contributed by atoms with Crippen LogP contribution in [0.15, 0.2) is 18.2 Å². The Morgan fingerprint density at radius 3 is 2.41 bits per heavy atom. The van der Waals surface area contributed by atoms with Gasteiger partial charge in [-0.1, -0.05) is 26.8 Å². The van der Waals surface area contributed by atoms with E-state index in [1.165, 1.54) is 24.8 Å². The summed E-state index contributed by atoms with van der Waals surface area (Å²) in [6.07, 6.45) is 3.91. The molecule has 2 nitrogen and oxygen atoms in total. The fourth-order valence-electron chi connectivity index (χ4n) is 2.06. The van der Waals surface area contributed by atoms with E-state index in [1.54, 1.807) is 7.11 Å². The molecular weight excluding hydrogens is 210 g/mol.